The molecular weight excluding hydrogens is 260 g/mol. The first-order valence-corrected chi connectivity index (χ1v) is 8.50. The molecule has 4 heteroatoms. The van der Waals surface area contributed by atoms with Crippen LogP contribution in [0.25, 0.3) is 0 Å². The number of rotatable bonds is 6. The summed E-state index contributed by atoms with van der Waals surface area (Å²) in [6.07, 6.45) is 5.88. The van der Waals surface area contributed by atoms with Crippen LogP contribution in [0.4, 0.5) is 11.6 Å². The van der Waals surface area contributed by atoms with Crippen molar-refractivity contribution in [3.8, 4) is 0 Å². The monoisotopic (exact) mass is 290 g/mol. The Labute approximate surface area is 129 Å². The van der Waals surface area contributed by atoms with Crippen molar-refractivity contribution in [2.24, 2.45) is 11.8 Å². The number of anilines is 2. The fourth-order valence-electron chi connectivity index (χ4n) is 3.25. The smallest absolute Gasteiger partial charge is 0.133 e. The van der Waals surface area contributed by atoms with E-state index in [2.05, 4.69) is 43.3 Å². The Morgan fingerprint density at radius 3 is 2.57 bits per heavy atom. The third kappa shape index (κ3) is 4.58. The molecule has 3 unspecified atom stereocenters. The lowest BCUT2D eigenvalue weighted by atomic mass is 9.80. The molecule has 118 valence electrons. The lowest BCUT2D eigenvalue weighted by Crippen LogP contribution is -2.33. The van der Waals surface area contributed by atoms with E-state index < -0.39 is 0 Å². The van der Waals surface area contributed by atoms with Gasteiger partial charge < -0.3 is 10.6 Å². The summed E-state index contributed by atoms with van der Waals surface area (Å²) in [6, 6.07) is 2.59. The summed E-state index contributed by atoms with van der Waals surface area (Å²) >= 11 is 0. The minimum Gasteiger partial charge on any atom is -0.370 e. The molecule has 1 fully saturated rings. The SMILES string of the molecule is CCCc1nc(NCC)cc(NC2CCC(C)CC2C)n1. The van der Waals surface area contributed by atoms with Crippen LogP contribution in [0.15, 0.2) is 6.07 Å². The van der Waals surface area contributed by atoms with Crippen LogP contribution >= 0.6 is 0 Å². The van der Waals surface area contributed by atoms with E-state index in [9.17, 15) is 0 Å². The second kappa shape index (κ2) is 7.62. The molecule has 1 saturated carbocycles. The van der Waals surface area contributed by atoms with Crippen LogP contribution in [0, 0.1) is 11.8 Å². The van der Waals surface area contributed by atoms with E-state index in [1.807, 2.05) is 6.07 Å². The summed E-state index contributed by atoms with van der Waals surface area (Å²) in [4.78, 5) is 9.27. The summed E-state index contributed by atoms with van der Waals surface area (Å²) < 4.78 is 0. The van der Waals surface area contributed by atoms with E-state index in [0.29, 0.717) is 12.0 Å². The summed E-state index contributed by atoms with van der Waals surface area (Å²) in [6.45, 7) is 9.87. The zero-order valence-electron chi connectivity index (χ0n) is 13.9. The Kier molecular flexibility index (Phi) is 5.83. The number of nitrogens with zero attached hydrogens (tertiary/aromatic N) is 2. The predicted octanol–water partition coefficient (Wildman–Crippen LogP) is 4.10. The van der Waals surface area contributed by atoms with Crippen LogP contribution < -0.4 is 10.6 Å². The highest BCUT2D eigenvalue weighted by Gasteiger charge is 2.25. The van der Waals surface area contributed by atoms with Crippen molar-refractivity contribution in [3.63, 3.8) is 0 Å². The van der Waals surface area contributed by atoms with Crippen LogP contribution in [0.1, 0.15) is 59.2 Å². The molecule has 0 spiro atoms. The second-order valence-electron chi connectivity index (χ2n) is 6.48. The van der Waals surface area contributed by atoms with Gasteiger partial charge in [0.2, 0.25) is 0 Å². The highest BCUT2D eigenvalue weighted by molar-refractivity contribution is 5.48. The molecule has 1 aromatic rings. The minimum absolute atomic E-state index is 0.542. The zero-order valence-corrected chi connectivity index (χ0v) is 13.9. The maximum atomic E-state index is 4.69. The molecule has 0 amide bonds. The van der Waals surface area contributed by atoms with E-state index in [1.165, 1.54) is 19.3 Å². The van der Waals surface area contributed by atoms with Crippen molar-refractivity contribution >= 4 is 11.6 Å². The molecule has 0 aliphatic heterocycles. The van der Waals surface area contributed by atoms with Gasteiger partial charge in [0, 0.05) is 25.1 Å². The maximum absolute atomic E-state index is 4.69. The first-order chi connectivity index (χ1) is 10.1. The van der Waals surface area contributed by atoms with Gasteiger partial charge in [-0.3, -0.25) is 0 Å². The highest BCUT2D eigenvalue weighted by atomic mass is 15.1. The largest absolute Gasteiger partial charge is 0.370 e. The van der Waals surface area contributed by atoms with Crippen LogP contribution in [0.3, 0.4) is 0 Å². The Morgan fingerprint density at radius 2 is 1.90 bits per heavy atom. The van der Waals surface area contributed by atoms with Gasteiger partial charge in [0.1, 0.15) is 17.5 Å². The molecule has 3 atom stereocenters. The lowest BCUT2D eigenvalue weighted by molar-refractivity contribution is 0.276. The van der Waals surface area contributed by atoms with Crippen LogP contribution in [0.2, 0.25) is 0 Å². The van der Waals surface area contributed by atoms with Crippen LogP contribution in [0.5, 0.6) is 0 Å². The number of aryl methyl sites for hydroxylation is 1. The molecule has 0 radical (unpaired) electrons. The lowest BCUT2D eigenvalue weighted by Gasteiger charge is -2.33. The molecule has 0 bridgehead atoms. The molecular formula is C17H30N4. The fourth-order valence-corrected chi connectivity index (χ4v) is 3.25. The zero-order chi connectivity index (χ0) is 15.2. The Bertz CT molecular complexity index is 422. The average Bonchev–Trinajstić information content (AvgIpc) is 2.42. The topological polar surface area (TPSA) is 49.8 Å². The molecule has 1 aromatic heterocycles. The molecule has 0 saturated heterocycles. The molecule has 2 rings (SSSR count). The number of aromatic nitrogens is 2. The Balaban J connectivity index is 2.10. The summed E-state index contributed by atoms with van der Waals surface area (Å²) in [7, 11) is 0. The summed E-state index contributed by atoms with van der Waals surface area (Å²) in [5, 5.41) is 6.97. The van der Waals surface area contributed by atoms with Crippen LogP contribution in [-0.2, 0) is 6.42 Å². The van der Waals surface area contributed by atoms with Gasteiger partial charge in [-0.2, -0.15) is 0 Å². The van der Waals surface area contributed by atoms with Gasteiger partial charge in [0.25, 0.3) is 0 Å². The van der Waals surface area contributed by atoms with E-state index in [1.54, 1.807) is 0 Å². The van der Waals surface area contributed by atoms with Crippen molar-refractivity contribution in [2.75, 3.05) is 17.2 Å². The van der Waals surface area contributed by atoms with E-state index in [4.69, 9.17) is 4.98 Å². The molecule has 21 heavy (non-hydrogen) atoms. The third-order valence-electron chi connectivity index (χ3n) is 4.37. The van der Waals surface area contributed by atoms with Gasteiger partial charge in [-0.1, -0.05) is 20.8 Å². The molecule has 2 N–H and O–H groups in total. The Hall–Kier alpha value is -1.32. The van der Waals surface area contributed by atoms with Crippen molar-refractivity contribution in [1.29, 1.82) is 0 Å². The number of nitrogens with one attached hydrogen (secondary N) is 2. The van der Waals surface area contributed by atoms with Gasteiger partial charge in [-0.25, -0.2) is 9.97 Å². The van der Waals surface area contributed by atoms with Crippen molar-refractivity contribution in [3.05, 3.63) is 11.9 Å². The van der Waals surface area contributed by atoms with Crippen molar-refractivity contribution in [1.82, 2.24) is 9.97 Å². The van der Waals surface area contributed by atoms with Crippen LogP contribution in [-0.4, -0.2) is 22.6 Å². The van der Waals surface area contributed by atoms with Crippen molar-refractivity contribution < 1.29 is 0 Å². The number of hydrogen-bond acceptors (Lipinski definition) is 4. The molecule has 4 nitrogen and oxygen atoms in total. The highest BCUT2D eigenvalue weighted by Crippen LogP contribution is 2.30. The first-order valence-electron chi connectivity index (χ1n) is 8.50. The molecule has 1 aliphatic rings. The molecule has 1 aliphatic carbocycles. The fraction of sp³-hybridized carbons (Fsp3) is 0.765. The average molecular weight is 290 g/mol. The van der Waals surface area contributed by atoms with Gasteiger partial charge in [0.15, 0.2) is 0 Å². The van der Waals surface area contributed by atoms with Gasteiger partial charge >= 0.3 is 0 Å². The first kappa shape index (κ1) is 16.1. The van der Waals surface area contributed by atoms with E-state index in [0.717, 1.165) is 42.8 Å². The second-order valence-corrected chi connectivity index (χ2v) is 6.48. The normalized spacial score (nSPS) is 25.6. The van der Waals surface area contributed by atoms with E-state index in [-0.39, 0.29) is 0 Å². The number of hydrogen-bond donors (Lipinski definition) is 2. The van der Waals surface area contributed by atoms with Gasteiger partial charge in [-0.15, -0.1) is 0 Å². The Morgan fingerprint density at radius 1 is 1.14 bits per heavy atom. The van der Waals surface area contributed by atoms with E-state index >= 15 is 0 Å². The van der Waals surface area contributed by atoms with Gasteiger partial charge in [-0.05, 0) is 44.4 Å². The van der Waals surface area contributed by atoms with Gasteiger partial charge in [0.05, 0.1) is 0 Å². The minimum atomic E-state index is 0.542. The van der Waals surface area contributed by atoms with Crippen molar-refractivity contribution in [2.45, 2.75) is 65.8 Å². The third-order valence-corrected chi connectivity index (χ3v) is 4.37. The summed E-state index contributed by atoms with van der Waals surface area (Å²) in [5.74, 6) is 4.43. The quantitative estimate of drug-likeness (QED) is 0.828. The molecule has 0 aromatic carbocycles. The maximum Gasteiger partial charge on any atom is 0.133 e. The predicted molar refractivity (Wildman–Crippen MR) is 89.8 cm³/mol. The molecule has 1 heterocycles. The summed E-state index contributed by atoms with van der Waals surface area (Å²) in [5.41, 5.74) is 0. The standard InChI is InChI=1S/C17H30N4/c1-5-7-15-20-16(18-6-2)11-17(21-15)19-14-9-8-12(3)10-13(14)4/h11-14H,5-10H2,1-4H3,(H2,18,19,20,21).